The van der Waals surface area contributed by atoms with Gasteiger partial charge in [-0.2, -0.15) is 0 Å². The number of rotatable bonds is 12. The molecule has 0 radical (unpaired) electrons. The SMILES string of the molecule is COc1ccc(S(=O)(=O)N(CCO)c2ccccc2CN(C)CCCc2ccc(Cl)cc2)cc1. The summed E-state index contributed by atoms with van der Waals surface area (Å²) in [7, 11) is -0.315. The number of para-hydroxylation sites is 1. The summed E-state index contributed by atoms with van der Waals surface area (Å²) in [5, 5.41) is 10.4. The number of hydrogen-bond donors (Lipinski definition) is 1. The van der Waals surface area contributed by atoms with Crippen molar-refractivity contribution in [3.63, 3.8) is 0 Å². The molecule has 0 amide bonds. The van der Waals surface area contributed by atoms with Crippen LogP contribution in [0.15, 0.2) is 77.7 Å². The minimum atomic E-state index is -3.87. The van der Waals surface area contributed by atoms with Crippen molar-refractivity contribution in [3.05, 3.63) is 88.9 Å². The van der Waals surface area contributed by atoms with E-state index in [9.17, 15) is 13.5 Å². The molecule has 0 aliphatic heterocycles. The number of aryl methyl sites for hydroxylation is 1. The highest BCUT2D eigenvalue weighted by molar-refractivity contribution is 7.92. The Bertz CT molecular complexity index is 1150. The van der Waals surface area contributed by atoms with Gasteiger partial charge in [-0.05, 0) is 80.0 Å². The summed E-state index contributed by atoms with van der Waals surface area (Å²) in [5.41, 5.74) is 2.68. The van der Waals surface area contributed by atoms with E-state index in [0.717, 1.165) is 30.0 Å². The first-order valence-electron chi connectivity index (χ1n) is 11.1. The zero-order chi connectivity index (χ0) is 24.6. The van der Waals surface area contributed by atoms with Crippen molar-refractivity contribution in [2.24, 2.45) is 0 Å². The van der Waals surface area contributed by atoms with E-state index in [1.165, 1.54) is 29.1 Å². The molecule has 0 bridgehead atoms. The Morgan fingerprint density at radius 3 is 2.26 bits per heavy atom. The molecule has 0 fully saturated rings. The van der Waals surface area contributed by atoms with Gasteiger partial charge in [0, 0.05) is 11.6 Å². The lowest BCUT2D eigenvalue weighted by atomic mass is 10.1. The number of aliphatic hydroxyl groups is 1. The zero-order valence-electron chi connectivity index (χ0n) is 19.5. The highest BCUT2D eigenvalue weighted by Gasteiger charge is 2.26. The van der Waals surface area contributed by atoms with Gasteiger partial charge in [0.25, 0.3) is 10.0 Å². The first-order chi connectivity index (χ1) is 16.3. The van der Waals surface area contributed by atoms with E-state index in [0.29, 0.717) is 18.0 Å². The van der Waals surface area contributed by atoms with Gasteiger partial charge >= 0.3 is 0 Å². The fourth-order valence-electron chi connectivity index (χ4n) is 3.80. The molecule has 6 nitrogen and oxygen atoms in total. The topological polar surface area (TPSA) is 70.1 Å². The number of aliphatic hydroxyl groups excluding tert-OH is 1. The van der Waals surface area contributed by atoms with Crippen LogP contribution in [0.5, 0.6) is 5.75 Å². The van der Waals surface area contributed by atoms with Gasteiger partial charge in [0.1, 0.15) is 5.75 Å². The largest absolute Gasteiger partial charge is 0.497 e. The molecule has 0 saturated carbocycles. The summed E-state index contributed by atoms with van der Waals surface area (Å²) in [6.07, 6.45) is 1.90. The lowest BCUT2D eigenvalue weighted by Gasteiger charge is -2.27. The van der Waals surface area contributed by atoms with Crippen LogP contribution in [-0.4, -0.2) is 52.3 Å². The summed E-state index contributed by atoms with van der Waals surface area (Å²) in [5.74, 6) is 0.577. The van der Waals surface area contributed by atoms with Crippen molar-refractivity contribution < 1.29 is 18.3 Å². The Morgan fingerprint density at radius 2 is 1.62 bits per heavy atom. The standard InChI is InChI=1S/C26H31ClN2O4S/c1-28(17-5-6-21-9-11-23(27)12-10-21)20-22-7-3-4-8-26(22)29(18-19-30)34(31,32)25-15-13-24(33-2)14-16-25/h3-4,7-16,30H,5-6,17-20H2,1-2H3. The molecule has 34 heavy (non-hydrogen) atoms. The minimum absolute atomic E-state index is 0.0361. The van der Waals surface area contributed by atoms with Gasteiger partial charge in [0.15, 0.2) is 0 Å². The predicted octanol–water partition coefficient (Wildman–Crippen LogP) is 4.60. The number of halogens is 1. The Labute approximate surface area is 207 Å². The summed E-state index contributed by atoms with van der Waals surface area (Å²) < 4.78 is 33.4. The Hall–Kier alpha value is -2.58. The second-order valence-corrected chi connectivity index (χ2v) is 10.4. The molecule has 0 aliphatic carbocycles. The molecular weight excluding hydrogens is 472 g/mol. The van der Waals surface area contributed by atoms with Gasteiger partial charge in [0.05, 0.1) is 30.8 Å². The lowest BCUT2D eigenvalue weighted by Crippen LogP contribution is -2.35. The molecule has 3 rings (SSSR count). The van der Waals surface area contributed by atoms with E-state index in [1.54, 1.807) is 18.2 Å². The fraction of sp³-hybridized carbons (Fsp3) is 0.308. The van der Waals surface area contributed by atoms with Crippen molar-refractivity contribution in [2.75, 3.05) is 38.2 Å². The Balaban J connectivity index is 1.75. The van der Waals surface area contributed by atoms with E-state index in [2.05, 4.69) is 4.90 Å². The number of anilines is 1. The maximum Gasteiger partial charge on any atom is 0.264 e. The van der Waals surface area contributed by atoms with Crippen LogP contribution in [0.1, 0.15) is 17.5 Å². The van der Waals surface area contributed by atoms with Gasteiger partial charge in [-0.1, -0.05) is 41.9 Å². The van der Waals surface area contributed by atoms with E-state index >= 15 is 0 Å². The van der Waals surface area contributed by atoms with Crippen molar-refractivity contribution in [2.45, 2.75) is 24.3 Å². The smallest absolute Gasteiger partial charge is 0.264 e. The second-order valence-electron chi connectivity index (χ2n) is 8.07. The van der Waals surface area contributed by atoms with Crippen LogP contribution < -0.4 is 9.04 Å². The molecule has 3 aromatic carbocycles. The van der Waals surface area contributed by atoms with Gasteiger partial charge < -0.3 is 14.7 Å². The van der Waals surface area contributed by atoms with Crippen LogP contribution in [0.4, 0.5) is 5.69 Å². The number of benzene rings is 3. The van der Waals surface area contributed by atoms with Crippen molar-refractivity contribution >= 4 is 27.3 Å². The average Bonchev–Trinajstić information content (AvgIpc) is 2.84. The van der Waals surface area contributed by atoms with Crippen LogP contribution >= 0.6 is 11.6 Å². The van der Waals surface area contributed by atoms with Gasteiger partial charge in [-0.25, -0.2) is 8.42 Å². The molecule has 0 aliphatic rings. The molecule has 0 atom stereocenters. The lowest BCUT2D eigenvalue weighted by molar-refractivity contribution is 0.306. The molecule has 0 unspecified atom stereocenters. The van der Waals surface area contributed by atoms with Crippen LogP contribution in [-0.2, 0) is 23.0 Å². The third kappa shape index (κ3) is 6.73. The highest BCUT2D eigenvalue weighted by atomic mass is 35.5. The third-order valence-electron chi connectivity index (χ3n) is 5.57. The summed E-state index contributed by atoms with van der Waals surface area (Å²) >= 11 is 5.96. The number of sulfonamides is 1. The fourth-order valence-corrected chi connectivity index (χ4v) is 5.42. The first-order valence-corrected chi connectivity index (χ1v) is 13.0. The molecule has 0 heterocycles. The van der Waals surface area contributed by atoms with Crippen LogP contribution in [0.3, 0.4) is 0 Å². The number of ether oxygens (including phenoxy) is 1. The molecule has 0 saturated heterocycles. The van der Waals surface area contributed by atoms with Crippen LogP contribution in [0, 0.1) is 0 Å². The van der Waals surface area contributed by atoms with Crippen molar-refractivity contribution in [3.8, 4) is 5.75 Å². The first kappa shape index (κ1) is 26.0. The Morgan fingerprint density at radius 1 is 0.941 bits per heavy atom. The minimum Gasteiger partial charge on any atom is -0.497 e. The van der Waals surface area contributed by atoms with Gasteiger partial charge in [0.2, 0.25) is 0 Å². The van der Waals surface area contributed by atoms with Crippen molar-refractivity contribution in [1.29, 1.82) is 0 Å². The monoisotopic (exact) mass is 502 g/mol. The molecule has 182 valence electrons. The molecule has 3 aromatic rings. The van der Waals surface area contributed by atoms with Crippen LogP contribution in [0.2, 0.25) is 5.02 Å². The molecule has 1 N–H and O–H groups in total. The third-order valence-corrected chi connectivity index (χ3v) is 7.65. The van der Waals surface area contributed by atoms with E-state index in [-0.39, 0.29) is 18.0 Å². The average molecular weight is 503 g/mol. The summed E-state index contributed by atoms with van der Waals surface area (Å²) in [6.45, 7) is 1.10. The van der Waals surface area contributed by atoms with Crippen molar-refractivity contribution in [1.82, 2.24) is 4.90 Å². The second kappa shape index (κ2) is 12.2. The molecule has 0 aromatic heterocycles. The van der Waals surface area contributed by atoms with E-state index in [1.807, 2.05) is 49.5 Å². The quantitative estimate of drug-likeness (QED) is 0.392. The summed E-state index contributed by atoms with van der Waals surface area (Å²) in [6, 6.07) is 21.6. The zero-order valence-corrected chi connectivity index (χ0v) is 21.1. The predicted molar refractivity (Wildman–Crippen MR) is 137 cm³/mol. The number of nitrogens with zero attached hydrogens (tertiary/aromatic N) is 2. The normalized spacial score (nSPS) is 11.6. The van der Waals surface area contributed by atoms with Gasteiger partial charge in [-0.3, -0.25) is 4.31 Å². The van der Waals surface area contributed by atoms with E-state index in [4.69, 9.17) is 16.3 Å². The molecular formula is C26H31ClN2O4S. The van der Waals surface area contributed by atoms with Gasteiger partial charge in [-0.15, -0.1) is 0 Å². The highest BCUT2D eigenvalue weighted by Crippen LogP contribution is 2.28. The maximum atomic E-state index is 13.5. The number of methoxy groups -OCH3 is 1. The molecule has 0 spiro atoms. The molecule has 8 heteroatoms. The summed E-state index contributed by atoms with van der Waals surface area (Å²) in [4.78, 5) is 2.32. The van der Waals surface area contributed by atoms with Crippen LogP contribution in [0.25, 0.3) is 0 Å². The number of hydrogen-bond acceptors (Lipinski definition) is 5. The maximum absolute atomic E-state index is 13.5. The van der Waals surface area contributed by atoms with E-state index < -0.39 is 10.0 Å². The Kier molecular flexibility index (Phi) is 9.36.